The van der Waals surface area contributed by atoms with Gasteiger partial charge >= 0.3 is 0 Å². The van der Waals surface area contributed by atoms with Crippen molar-refractivity contribution in [2.24, 2.45) is 0 Å². The van der Waals surface area contributed by atoms with Gasteiger partial charge in [0.2, 0.25) is 0 Å². The molecule has 0 heteroatoms. The molecule has 0 bridgehead atoms. The first kappa shape index (κ1) is 26.8. The molecule has 0 radical (unpaired) electrons. The average Bonchev–Trinajstić information content (AvgIpc) is 3.70. The number of rotatable bonds is 3. The molecule has 0 aliphatic heterocycles. The van der Waals surface area contributed by atoms with Crippen LogP contribution in [-0.2, 0) is 0 Å². The first-order valence-electron chi connectivity index (χ1n) is 17.2. The first-order valence-corrected chi connectivity index (χ1v) is 17.2. The molecule has 2 aliphatic carbocycles. The summed E-state index contributed by atoms with van der Waals surface area (Å²) in [4.78, 5) is 0. The molecular formula is C49H30. The van der Waals surface area contributed by atoms with Crippen LogP contribution in [0.5, 0.6) is 0 Å². The molecule has 9 aromatic rings. The number of hydrogen-bond acceptors (Lipinski definition) is 0. The minimum atomic E-state index is 0.340. The summed E-state index contributed by atoms with van der Waals surface area (Å²) in [5.41, 5.74) is 17.3. The van der Waals surface area contributed by atoms with E-state index < -0.39 is 0 Å². The van der Waals surface area contributed by atoms with Gasteiger partial charge in [-0.05, 0) is 135 Å². The van der Waals surface area contributed by atoms with Crippen LogP contribution in [0.2, 0.25) is 0 Å². The SMILES string of the molecule is c1cc(-c2cccc(-c3ccc4c5ccccc5c5ccccc5c4c3)c2)cc(-c2cc3c4c(c2)-c2ccccc2C4c2ccccc2-3)c1. The lowest BCUT2D eigenvalue weighted by Crippen LogP contribution is -1.93. The van der Waals surface area contributed by atoms with Crippen LogP contribution in [0.25, 0.3) is 88.0 Å². The fourth-order valence-corrected chi connectivity index (χ4v) is 8.89. The van der Waals surface area contributed by atoms with Gasteiger partial charge < -0.3 is 0 Å². The molecule has 0 saturated carbocycles. The Hall–Kier alpha value is -6.24. The van der Waals surface area contributed by atoms with Gasteiger partial charge in [-0.25, -0.2) is 0 Å². The third kappa shape index (κ3) is 3.86. The molecule has 0 N–H and O–H groups in total. The van der Waals surface area contributed by atoms with Crippen molar-refractivity contribution < 1.29 is 0 Å². The van der Waals surface area contributed by atoms with Gasteiger partial charge in [0, 0.05) is 5.92 Å². The second-order valence-electron chi connectivity index (χ2n) is 13.6. The highest BCUT2D eigenvalue weighted by Crippen LogP contribution is 2.58. The van der Waals surface area contributed by atoms with Crippen molar-refractivity contribution in [1.29, 1.82) is 0 Å². The largest absolute Gasteiger partial charge is 0.0619 e. The monoisotopic (exact) mass is 618 g/mol. The first-order chi connectivity index (χ1) is 24.3. The Morgan fingerprint density at radius 1 is 0.245 bits per heavy atom. The summed E-state index contributed by atoms with van der Waals surface area (Å²) in [5, 5.41) is 7.83. The minimum absolute atomic E-state index is 0.340. The van der Waals surface area contributed by atoms with E-state index in [9.17, 15) is 0 Å². The van der Waals surface area contributed by atoms with Crippen molar-refractivity contribution in [2.45, 2.75) is 5.92 Å². The Kier molecular flexibility index (Phi) is 5.54. The van der Waals surface area contributed by atoms with E-state index in [0.717, 1.165) is 0 Å². The molecule has 0 fully saturated rings. The maximum absolute atomic E-state index is 2.43. The normalized spacial score (nSPS) is 12.8. The predicted molar refractivity (Wildman–Crippen MR) is 207 cm³/mol. The molecule has 0 amide bonds. The van der Waals surface area contributed by atoms with Crippen LogP contribution >= 0.6 is 0 Å². The van der Waals surface area contributed by atoms with Gasteiger partial charge in [-0.3, -0.25) is 0 Å². The van der Waals surface area contributed by atoms with Crippen molar-refractivity contribution in [1.82, 2.24) is 0 Å². The Labute approximate surface area is 285 Å². The van der Waals surface area contributed by atoms with E-state index in [2.05, 4.69) is 176 Å². The lowest BCUT2D eigenvalue weighted by atomic mass is 9.90. The van der Waals surface area contributed by atoms with Crippen LogP contribution in [0.3, 0.4) is 0 Å². The summed E-state index contributed by atoms with van der Waals surface area (Å²) >= 11 is 0. The molecular weight excluding hydrogens is 589 g/mol. The van der Waals surface area contributed by atoms with Gasteiger partial charge in [0.25, 0.3) is 0 Å². The molecule has 2 aliphatic rings. The number of fused-ring (bicyclic) bond motifs is 12. The molecule has 0 saturated heterocycles. The third-order valence-electron chi connectivity index (χ3n) is 11.1. The van der Waals surface area contributed by atoms with E-state index in [1.807, 2.05) is 0 Å². The second-order valence-corrected chi connectivity index (χ2v) is 13.6. The summed E-state index contributed by atoms with van der Waals surface area (Å²) < 4.78 is 0. The van der Waals surface area contributed by atoms with Crippen molar-refractivity contribution in [3.8, 4) is 55.6 Å². The van der Waals surface area contributed by atoms with E-state index >= 15 is 0 Å². The molecule has 49 heavy (non-hydrogen) atoms. The van der Waals surface area contributed by atoms with E-state index in [1.54, 1.807) is 0 Å². The Balaban J connectivity index is 1.03. The van der Waals surface area contributed by atoms with Gasteiger partial charge in [-0.1, -0.05) is 146 Å². The number of hydrogen-bond donors (Lipinski definition) is 0. The Morgan fingerprint density at radius 3 is 1.18 bits per heavy atom. The highest BCUT2D eigenvalue weighted by molar-refractivity contribution is 6.25. The number of benzene rings is 9. The van der Waals surface area contributed by atoms with Crippen molar-refractivity contribution in [2.75, 3.05) is 0 Å². The average molecular weight is 619 g/mol. The zero-order chi connectivity index (χ0) is 32.1. The van der Waals surface area contributed by atoms with Gasteiger partial charge in [-0.2, -0.15) is 0 Å². The fraction of sp³-hybridized carbons (Fsp3) is 0.0204. The minimum Gasteiger partial charge on any atom is -0.0619 e. The molecule has 0 unspecified atom stereocenters. The molecule has 0 nitrogen and oxygen atoms in total. The standard InChI is InChI=1S/C49H30/c1-2-17-38-36(15-1)37-16-3-4-18-39(37)45-27-34(23-24-42(38)45)32-13-9-11-30(25-32)31-12-10-14-33(26-31)35-28-46-40-19-5-7-21-43(40)48-44-22-8-6-20-41(44)47(29-35)49(46)48/h1-29,48H. The third-order valence-corrected chi connectivity index (χ3v) is 11.1. The zero-order valence-corrected chi connectivity index (χ0v) is 26.8. The smallest absolute Gasteiger partial charge is 0.0364 e. The summed E-state index contributed by atoms with van der Waals surface area (Å²) in [6.45, 7) is 0. The molecule has 226 valence electrons. The molecule has 0 heterocycles. The van der Waals surface area contributed by atoms with Gasteiger partial charge in [0.15, 0.2) is 0 Å². The highest BCUT2D eigenvalue weighted by Gasteiger charge is 2.38. The van der Waals surface area contributed by atoms with Crippen LogP contribution < -0.4 is 0 Å². The molecule has 0 aromatic heterocycles. The highest BCUT2D eigenvalue weighted by atomic mass is 14.4. The van der Waals surface area contributed by atoms with Crippen molar-refractivity contribution in [3.63, 3.8) is 0 Å². The second kappa shape index (κ2) is 10.1. The van der Waals surface area contributed by atoms with Crippen LogP contribution in [0, 0.1) is 0 Å². The zero-order valence-electron chi connectivity index (χ0n) is 26.8. The summed E-state index contributed by atoms with van der Waals surface area (Å²) in [7, 11) is 0. The van der Waals surface area contributed by atoms with Crippen LogP contribution in [0.15, 0.2) is 176 Å². The summed E-state index contributed by atoms with van der Waals surface area (Å²) in [6.07, 6.45) is 0. The lowest BCUT2D eigenvalue weighted by molar-refractivity contribution is 1.05. The topological polar surface area (TPSA) is 0 Å². The molecule has 11 rings (SSSR count). The Morgan fingerprint density at radius 2 is 0.653 bits per heavy atom. The molecule has 9 aromatic carbocycles. The summed E-state index contributed by atoms with van der Waals surface area (Å²) in [5.74, 6) is 0.340. The van der Waals surface area contributed by atoms with Gasteiger partial charge in [-0.15, -0.1) is 0 Å². The van der Waals surface area contributed by atoms with E-state index in [0.29, 0.717) is 5.92 Å². The lowest BCUT2D eigenvalue weighted by Gasteiger charge is -2.13. The summed E-state index contributed by atoms with van der Waals surface area (Å²) in [6, 6.07) is 65.5. The fourth-order valence-electron chi connectivity index (χ4n) is 8.89. The van der Waals surface area contributed by atoms with Crippen LogP contribution in [0.1, 0.15) is 22.6 Å². The van der Waals surface area contributed by atoms with Gasteiger partial charge in [0.05, 0.1) is 0 Å². The van der Waals surface area contributed by atoms with Gasteiger partial charge in [0.1, 0.15) is 0 Å². The molecule has 0 spiro atoms. The Bertz CT molecular complexity index is 2730. The van der Waals surface area contributed by atoms with Crippen LogP contribution in [-0.4, -0.2) is 0 Å². The predicted octanol–water partition coefficient (Wildman–Crippen LogP) is 13.3. The van der Waals surface area contributed by atoms with Crippen LogP contribution in [0.4, 0.5) is 0 Å². The molecule has 0 atom stereocenters. The van der Waals surface area contributed by atoms with E-state index in [-0.39, 0.29) is 0 Å². The van der Waals surface area contributed by atoms with Crippen molar-refractivity contribution in [3.05, 3.63) is 193 Å². The quantitative estimate of drug-likeness (QED) is 0.173. The van der Waals surface area contributed by atoms with E-state index in [1.165, 1.54) is 105 Å². The maximum Gasteiger partial charge on any atom is 0.0364 e. The van der Waals surface area contributed by atoms with E-state index in [4.69, 9.17) is 0 Å². The maximum atomic E-state index is 2.43. The van der Waals surface area contributed by atoms with Crippen molar-refractivity contribution >= 4 is 32.3 Å².